The van der Waals surface area contributed by atoms with Crippen LogP contribution in [0.1, 0.15) is 45.6 Å². The molecule has 1 fully saturated rings. The van der Waals surface area contributed by atoms with Gasteiger partial charge < -0.3 is 19.3 Å². The number of carbonyl (C=O) groups is 2. The lowest BCUT2D eigenvalue weighted by Gasteiger charge is -2.34. The van der Waals surface area contributed by atoms with E-state index in [-0.39, 0.29) is 12.0 Å². The first-order chi connectivity index (χ1) is 13.2. The smallest absolute Gasteiger partial charge is 0.410 e. The summed E-state index contributed by atoms with van der Waals surface area (Å²) in [4.78, 5) is 28.3. The van der Waals surface area contributed by atoms with Gasteiger partial charge in [0.05, 0.1) is 7.11 Å². The van der Waals surface area contributed by atoms with Crippen molar-refractivity contribution in [3.05, 3.63) is 29.8 Å². The molecular formula is C22H34N2O4. The van der Waals surface area contributed by atoms with Gasteiger partial charge in [0, 0.05) is 33.1 Å². The molecule has 28 heavy (non-hydrogen) atoms. The number of amides is 2. The third kappa shape index (κ3) is 6.73. The van der Waals surface area contributed by atoms with Gasteiger partial charge in [-0.15, -0.1) is 0 Å². The zero-order chi connectivity index (χ0) is 20.7. The Hall–Kier alpha value is -2.24. The number of ether oxygens (including phenoxy) is 2. The molecule has 1 aliphatic heterocycles. The topological polar surface area (TPSA) is 59.1 Å². The van der Waals surface area contributed by atoms with E-state index in [0.717, 1.165) is 30.7 Å². The lowest BCUT2D eigenvalue weighted by molar-refractivity contribution is -0.130. The van der Waals surface area contributed by atoms with Crippen molar-refractivity contribution in [3.8, 4) is 5.75 Å². The summed E-state index contributed by atoms with van der Waals surface area (Å²) < 4.78 is 10.8. The van der Waals surface area contributed by atoms with E-state index in [9.17, 15) is 9.59 Å². The molecular weight excluding hydrogens is 356 g/mol. The highest BCUT2D eigenvalue weighted by molar-refractivity contribution is 5.76. The first-order valence-corrected chi connectivity index (χ1v) is 10.0. The minimum atomic E-state index is -0.470. The van der Waals surface area contributed by atoms with Crippen molar-refractivity contribution in [1.82, 2.24) is 9.80 Å². The number of hydrogen-bond donors (Lipinski definition) is 0. The number of para-hydroxylation sites is 1. The molecule has 0 unspecified atom stereocenters. The molecule has 0 N–H and O–H groups in total. The normalized spacial score (nSPS) is 15.2. The summed E-state index contributed by atoms with van der Waals surface area (Å²) in [6.45, 7) is 7.73. The molecule has 1 saturated heterocycles. The van der Waals surface area contributed by atoms with E-state index in [1.165, 1.54) is 0 Å². The van der Waals surface area contributed by atoms with Gasteiger partial charge in [-0.2, -0.15) is 0 Å². The Labute approximate surface area is 168 Å². The molecule has 1 heterocycles. The molecule has 2 amide bonds. The molecule has 6 heteroatoms. The maximum absolute atomic E-state index is 12.5. The number of piperidine rings is 1. The quantitative estimate of drug-likeness (QED) is 0.743. The Morgan fingerprint density at radius 1 is 1.18 bits per heavy atom. The van der Waals surface area contributed by atoms with Gasteiger partial charge in [0.2, 0.25) is 5.91 Å². The van der Waals surface area contributed by atoms with Crippen LogP contribution in [-0.4, -0.2) is 61.2 Å². The van der Waals surface area contributed by atoms with Gasteiger partial charge in [-0.25, -0.2) is 4.79 Å². The third-order valence-electron chi connectivity index (χ3n) is 5.02. The van der Waals surface area contributed by atoms with E-state index in [2.05, 4.69) is 0 Å². The fourth-order valence-corrected chi connectivity index (χ4v) is 3.46. The maximum atomic E-state index is 12.5. The highest BCUT2D eigenvalue weighted by Gasteiger charge is 2.27. The van der Waals surface area contributed by atoms with E-state index < -0.39 is 5.60 Å². The summed E-state index contributed by atoms with van der Waals surface area (Å²) in [6, 6.07) is 7.81. The SMILES string of the molecule is COc1ccccc1CCC(=O)N(C)CC1CCN(C(=O)OC(C)(C)C)CC1. The van der Waals surface area contributed by atoms with E-state index in [4.69, 9.17) is 9.47 Å². The molecule has 0 aromatic heterocycles. The van der Waals surface area contributed by atoms with Crippen LogP contribution in [0.3, 0.4) is 0 Å². The third-order valence-corrected chi connectivity index (χ3v) is 5.02. The summed E-state index contributed by atoms with van der Waals surface area (Å²) in [6.07, 6.45) is 2.68. The standard InChI is InChI=1S/C22H34N2O4/c1-22(2,3)28-21(26)24-14-12-17(13-15-24)16-23(4)20(25)11-10-18-8-6-7-9-19(18)27-5/h6-9,17H,10-16H2,1-5H3. The number of benzene rings is 1. The number of carbonyl (C=O) groups excluding carboxylic acids is 2. The van der Waals surface area contributed by atoms with Gasteiger partial charge in [0.25, 0.3) is 0 Å². The molecule has 156 valence electrons. The first-order valence-electron chi connectivity index (χ1n) is 10.0. The van der Waals surface area contributed by atoms with E-state index in [0.29, 0.717) is 31.8 Å². The molecule has 0 bridgehead atoms. The molecule has 0 radical (unpaired) electrons. The maximum Gasteiger partial charge on any atom is 0.410 e. The van der Waals surface area contributed by atoms with Gasteiger partial charge >= 0.3 is 6.09 Å². The molecule has 1 aromatic carbocycles. The molecule has 1 aromatic rings. The van der Waals surface area contributed by atoms with Gasteiger partial charge in [-0.1, -0.05) is 18.2 Å². The van der Waals surface area contributed by atoms with Crippen LogP contribution in [0.4, 0.5) is 4.79 Å². The second kappa shape index (κ2) is 9.80. The van der Waals surface area contributed by atoms with Crippen molar-refractivity contribution in [1.29, 1.82) is 0 Å². The average Bonchev–Trinajstić information content (AvgIpc) is 2.65. The summed E-state index contributed by atoms with van der Waals surface area (Å²) in [5.74, 6) is 1.38. The molecule has 0 aliphatic carbocycles. The summed E-state index contributed by atoms with van der Waals surface area (Å²) in [5.41, 5.74) is 0.583. The Morgan fingerprint density at radius 3 is 2.43 bits per heavy atom. The molecule has 0 saturated carbocycles. The Morgan fingerprint density at radius 2 is 1.82 bits per heavy atom. The number of likely N-dealkylation sites (tertiary alicyclic amines) is 1. The van der Waals surface area contributed by atoms with Crippen LogP contribution in [0.15, 0.2) is 24.3 Å². The minimum absolute atomic E-state index is 0.139. The summed E-state index contributed by atoms with van der Waals surface area (Å²) in [7, 11) is 3.52. The number of methoxy groups -OCH3 is 1. The zero-order valence-corrected chi connectivity index (χ0v) is 17.9. The second-order valence-electron chi connectivity index (χ2n) is 8.50. The molecule has 2 rings (SSSR count). The zero-order valence-electron chi connectivity index (χ0n) is 17.9. The van der Waals surface area contributed by atoms with Gasteiger partial charge in [0.1, 0.15) is 11.4 Å². The Balaban J connectivity index is 1.75. The monoisotopic (exact) mass is 390 g/mol. The van der Waals surface area contributed by atoms with Crippen molar-refractivity contribution in [2.45, 2.75) is 52.1 Å². The minimum Gasteiger partial charge on any atom is -0.496 e. The molecule has 1 aliphatic rings. The number of rotatable bonds is 6. The van der Waals surface area contributed by atoms with Crippen LogP contribution in [0.5, 0.6) is 5.75 Å². The Kier molecular flexibility index (Phi) is 7.72. The second-order valence-corrected chi connectivity index (χ2v) is 8.50. The van der Waals surface area contributed by atoms with Crippen LogP contribution in [0.2, 0.25) is 0 Å². The van der Waals surface area contributed by atoms with E-state index >= 15 is 0 Å². The number of aryl methyl sites for hydroxylation is 1. The summed E-state index contributed by atoms with van der Waals surface area (Å²) >= 11 is 0. The largest absolute Gasteiger partial charge is 0.496 e. The summed E-state index contributed by atoms with van der Waals surface area (Å²) in [5, 5.41) is 0. The first kappa shape index (κ1) is 22.1. The van der Waals surface area contributed by atoms with Crippen molar-refractivity contribution in [2.75, 3.05) is 33.8 Å². The van der Waals surface area contributed by atoms with Crippen molar-refractivity contribution in [3.63, 3.8) is 0 Å². The van der Waals surface area contributed by atoms with Crippen LogP contribution in [0.25, 0.3) is 0 Å². The Bertz CT molecular complexity index is 661. The number of hydrogen-bond acceptors (Lipinski definition) is 4. The van der Waals surface area contributed by atoms with Gasteiger partial charge in [0.15, 0.2) is 0 Å². The highest BCUT2D eigenvalue weighted by Crippen LogP contribution is 2.22. The van der Waals surface area contributed by atoms with Crippen LogP contribution in [0, 0.1) is 5.92 Å². The van der Waals surface area contributed by atoms with Crippen molar-refractivity contribution >= 4 is 12.0 Å². The predicted octanol–water partition coefficient (Wildman–Crippen LogP) is 3.73. The average molecular weight is 391 g/mol. The molecule has 0 atom stereocenters. The molecule has 0 spiro atoms. The van der Waals surface area contributed by atoms with Gasteiger partial charge in [-0.3, -0.25) is 4.79 Å². The fraction of sp³-hybridized carbons (Fsp3) is 0.636. The van der Waals surface area contributed by atoms with Crippen LogP contribution >= 0.6 is 0 Å². The number of nitrogens with zero attached hydrogens (tertiary/aromatic N) is 2. The predicted molar refractivity (Wildman–Crippen MR) is 109 cm³/mol. The van der Waals surface area contributed by atoms with Crippen LogP contribution < -0.4 is 4.74 Å². The van der Waals surface area contributed by atoms with Crippen molar-refractivity contribution < 1.29 is 19.1 Å². The van der Waals surface area contributed by atoms with E-state index in [1.54, 1.807) is 12.0 Å². The van der Waals surface area contributed by atoms with E-state index in [1.807, 2.05) is 57.0 Å². The van der Waals surface area contributed by atoms with Crippen molar-refractivity contribution in [2.24, 2.45) is 5.92 Å². The van der Waals surface area contributed by atoms with Crippen LogP contribution in [-0.2, 0) is 16.0 Å². The van der Waals surface area contributed by atoms with Gasteiger partial charge in [-0.05, 0) is 57.6 Å². The molecule has 6 nitrogen and oxygen atoms in total. The fourth-order valence-electron chi connectivity index (χ4n) is 3.46. The lowest BCUT2D eigenvalue weighted by atomic mass is 9.96. The lowest BCUT2D eigenvalue weighted by Crippen LogP contribution is -2.44. The highest BCUT2D eigenvalue weighted by atomic mass is 16.6.